The van der Waals surface area contributed by atoms with Crippen molar-refractivity contribution in [2.75, 3.05) is 7.11 Å². The highest BCUT2D eigenvalue weighted by Gasteiger charge is 2.45. The van der Waals surface area contributed by atoms with Crippen LogP contribution in [0.4, 0.5) is 0 Å². The van der Waals surface area contributed by atoms with Crippen molar-refractivity contribution in [2.24, 2.45) is 0 Å². The predicted octanol–water partition coefficient (Wildman–Crippen LogP) is 1.40. The van der Waals surface area contributed by atoms with Gasteiger partial charge in [-0.25, -0.2) is 14.4 Å². The zero-order chi connectivity index (χ0) is 25.1. The number of esters is 1. The molecular formula is C24H18N2O9. The molecule has 1 aliphatic rings. The number of hydrogen-bond acceptors (Lipinski definition) is 8. The Labute approximate surface area is 197 Å². The van der Waals surface area contributed by atoms with Gasteiger partial charge in [0.15, 0.2) is 11.9 Å². The van der Waals surface area contributed by atoms with Crippen LogP contribution in [0.2, 0.25) is 0 Å². The van der Waals surface area contributed by atoms with Crippen molar-refractivity contribution in [2.45, 2.75) is 12.3 Å². The van der Waals surface area contributed by atoms with Crippen molar-refractivity contribution in [3.63, 3.8) is 0 Å². The molecule has 0 saturated heterocycles. The number of hydrogen-bond donors (Lipinski definition) is 1. The molecule has 11 nitrogen and oxygen atoms in total. The van der Waals surface area contributed by atoms with Gasteiger partial charge in [0.25, 0.3) is 11.5 Å². The molecule has 2 aromatic carbocycles. The van der Waals surface area contributed by atoms with E-state index < -0.39 is 52.9 Å². The fourth-order valence-corrected chi connectivity index (χ4v) is 3.50. The van der Waals surface area contributed by atoms with E-state index in [9.17, 15) is 29.1 Å². The summed E-state index contributed by atoms with van der Waals surface area (Å²) in [4.78, 5) is 62.8. The van der Waals surface area contributed by atoms with Gasteiger partial charge in [0, 0.05) is 24.9 Å². The molecule has 1 aromatic heterocycles. The summed E-state index contributed by atoms with van der Waals surface area (Å²) in [5.74, 6) is -4.57. The molecule has 1 unspecified atom stereocenters. The van der Waals surface area contributed by atoms with E-state index in [1.54, 1.807) is 36.4 Å². The van der Waals surface area contributed by atoms with E-state index in [0.29, 0.717) is 4.57 Å². The summed E-state index contributed by atoms with van der Waals surface area (Å²) in [6, 6.07) is 16.4. The predicted molar refractivity (Wildman–Crippen MR) is 119 cm³/mol. The second-order valence-corrected chi connectivity index (χ2v) is 7.27. The average molecular weight is 478 g/mol. The van der Waals surface area contributed by atoms with Gasteiger partial charge < -0.3 is 19.3 Å². The Bertz CT molecular complexity index is 1440. The number of ether oxygens (including phenoxy) is 3. The number of rotatable bonds is 6. The van der Waals surface area contributed by atoms with Crippen LogP contribution in [0, 0.1) is 0 Å². The topological polar surface area (TPSA) is 143 Å². The number of benzene rings is 2. The van der Waals surface area contributed by atoms with Gasteiger partial charge in [-0.1, -0.05) is 36.4 Å². The van der Waals surface area contributed by atoms with E-state index in [1.807, 2.05) is 0 Å². The van der Waals surface area contributed by atoms with Crippen LogP contribution in [0.25, 0.3) is 0 Å². The van der Waals surface area contributed by atoms with Crippen molar-refractivity contribution >= 4 is 17.8 Å². The lowest BCUT2D eigenvalue weighted by Gasteiger charge is -2.21. The molecule has 0 saturated carbocycles. The largest absolute Gasteiger partial charge is 0.475 e. The Hall–Kier alpha value is -4.77. The second-order valence-electron chi connectivity index (χ2n) is 7.27. The van der Waals surface area contributed by atoms with Crippen LogP contribution in [0.3, 0.4) is 0 Å². The Morgan fingerprint density at radius 3 is 2.09 bits per heavy atom. The fourth-order valence-electron chi connectivity index (χ4n) is 3.50. The lowest BCUT2D eigenvalue weighted by Crippen LogP contribution is -2.46. The molecule has 3 aromatic rings. The number of methoxy groups -OCH3 is 1. The molecule has 11 heteroatoms. The Morgan fingerprint density at radius 2 is 1.51 bits per heavy atom. The average Bonchev–Trinajstić information content (AvgIpc) is 3.23. The number of aromatic nitrogens is 2. The van der Waals surface area contributed by atoms with Crippen molar-refractivity contribution in [3.8, 4) is 0 Å². The van der Waals surface area contributed by atoms with E-state index >= 15 is 0 Å². The molecular weight excluding hydrogens is 460 g/mol. The highest BCUT2D eigenvalue weighted by atomic mass is 16.6. The maximum absolute atomic E-state index is 13.2. The molecule has 0 amide bonds. The summed E-state index contributed by atoms with van der Waals surface area (Å²) in [6.45, 7) is 0. The van der Waals surface area contributed by atoms with E-state index in [0.717, 1.165) is 16.8 Å². The first kappa shape index (κ1) is 23.4. The summed E-state index contributed by atoms with van der Waals surface area (Å²) < 4.78 is 17.3. The number of nitrogens with zero attached hydrogens (tertiary/aromatic N) is 2. The monoisotopic (exact) mass is 478 g/mol. The van der Waals surface area contributed by atoms with E-state index in [4.69, 9.17) is 14.2 Å². The quantitative estimate of drug-likeness (QED) is 0.520. The molecule has 2 atom stereocenters. The Morgan fingerprint density at radius 1 is 0.914 bits per heavy atom. The van der Waals surface area contributed by atoms with Crippen LogP contribution in [0.15, 0.2) is 94.0 Å². The minimum absolute atomic E-state index is 0.0851. The summed E-state index contributed by atoms with van der Waals surface area (Å²) >= 11 is 0. The normalized spacial score (nSPS) is 17.1. The number of carboxylic acids is 1. The maximum atomic E-state index is 13.2. The van der Waals surface area contributed by atoms with Crippen molar-refractivity contribution < 1.29 is 33.7 Å². The Kier molecular flexibility index (Phi) is 6.42. The maximum Gasteiger partial charge on any atom is 0.375 e. The molecule has 178 valence electrons. The molecule has 1 N–H and O–H groups in total. The van der Waals surface area contributed by atoms with Gasteiger partial charge in [-0.15, -0.1) is 0 Å². The van der Waals surface area contributed by atoms with Gasteiger partial charge in [0.1, 0.15) is 0 Å². The van der Waals surface area contributed by atoms with Gasteiger partial charge in [-0.3, -0.25) is 14.2 Å². The third-order valence-electron chi connectivity index (χ3n) is 5.15. The smallest absolute Gasteiger partial charge is 0.375 e. The highest BCUT2D eigenvalue weighted by Crippen LogP contribution is 2.35. The highest BCUT2D eigenvalue weighted by molar-refractivity contribution is 5.95. The van der Waals surface area contributed by atoms with Crippen LogP contribution in [-0.2, 0) is 19.0 Å². The number of carbonyl (C=O) groups excluding carboxylic acids is 2. The van der Waals surface area contributed by atoms with Crippen molar-refractivity contribution in [3.05, 3.63) is 116 Å². The van der Waals surface area contributed by atoms with Gasteiger partial charge in [-0.05, 0) is 24.3 Å². The van der Waals surface area contributed by atoms with Gasteiger partial charge in [0.05, 0.1) is 5.56 Å². The lowest BCUT2D eigenvalue weighted by atomic mass is 10.2. The first-order valence-electron chi connectivity index (χ1n) is 10.2. The minimum Gasteiger partial charge on any atom is -0.475 e. The van der Waals surface area contributed by atoms with Crippen molar-refractivity contribution in [1.29, 1.82) is 0 Å². The van der Waals surface area contributed by atoms with Gasteiger partial charge in [0.2, 0.25) is 12.0 Å². The molecule has 0 radical (unpaired) electrons. The third kappa shape index (κ3) is 4.39. The number of carboxylic acid groups (broad SMARTS) is 1. The third-order valence-corrected chi connectivity index (χ3v) is 5.15. The van der Waals surface area contributed by atoms with E-state index in [2.05, 4.69) is 0 Å². The van der Waals surface area contributed by atoms with E-state index in [-0.39, 0.29) is 11.1 Å². The molecule has 0 bridgehead atoms. The standard InChI is InChI=1S/C24H18N2O9/c1-33-18-17(35-23(31)15-10-6-3-7-11-15)19(22(29)30)34-21(18)25-13-12-16(27)26(24(25)32)20(28)14-8-4-2-5-9-14/h2-13,18,21H,1H3,(H,29,30)/t18?,21-/m1/s1. The van der Waals surface area contributed by atoms with E-state index in [1.165, 1.54) is 31.4 Å². The molecule has 2 heterocycles. The van der Waals surface area contributed by atoms with Crippen LogP contribution in [0.5, 0.6) is 0 Å². The zero-order valence-electron chi connectivity index (χ0n) is 18.2. The molecule has 0 aliphatic carbocycles. The van der Waals surface area contributed by atoms with Crippen molar-refractivity contribution in [1.82, 2.24) is 9.13 Å². The summed E-state index contributed by atoms with van der Waals surface area (Å²) in [7, 11) is 1.19. The molecule has 1 aliphatic heterocycles. The molecule has 4 rings (SSSR count). The minimum atomic E-state index is -1.58. The fraction of sp³-hybridized carbons (Fsp3) is 0.125. The van der Waals surface area contributed by atoms with Gasteiger partial charge >= 0.3 is 17.6 Å². The van der Waals surface area contributed by atoms with Crippen LogP contribution in [-0.4, -0.2) is 45.3 Å². The lowest BCUT2D eigenvalue weighted by molar-refractivity contribution is -0.138. The summed E-state index contributed by atoms with van der Waals surface area (Å²) in [5.41, 5.74) is -1.77. The van der Waals surface area contributed by atoms with Gasteiger partial charge in [-0.2, -0.15) is 4.57 Å². The summed E-state index contributed by atoms with van der Waals surface area (Å²) in [5, 5.41) is 9.62. The summed E-state index contributed by atoms with van der Waals surface area (Å²) in [6.07, 6.45) is -1.82. The van der Waals surface area contributed by atoms with Crippen LogP contribution < -0.4 is 11.2 Å². The molecule has 35 heavy (non-hydrogen) atoms. The number of aliphatic carboxylic acids is 1. The second kappa shape index (κ2) is 9.61. The Balaban J connectivity index is 1.74. The first-order chi connectivity index (χ1) is 16.8. The molecule has 0 fully saturated rings. The SMILES string of the molecule is COC1C(OC(=O)c2ccccc2)=C(C(=O)O)O[C@H]1n1ccc(=O)n(C(=O)c2ccccc2)c1=O. The molecule has 0 spiro atoms. The van der Waals surface area contributed by atoms with Crippen LogP contribution >= 0.6 is 0 Å². The van der Waals surface area contributed by atoms with Crippen LogP contribution in [0.1, 0.15) is 26.9 Å². The zero-order valence-corrected chi connectivity index (χ0v) is 18.2. The first-order valence-corrected chi connectivity index (χ1v) is 10.2. The number of carbonyl (C=O) groups is 3.